The number of rotatable bonds is 1. The van der Waals surface area contributed by atoms with E-state index in [2.05, 4.69) is 22.9 Å². The predicted molar refractivity (Wildman–Crippen MR) is 41.0 cm³/mol. The first-order chi connectivity index (χ1) is 4.33. The number of hydrogen-bond acceptors (Lipinski definition) is 3. The minimum atomic E-state index is 0.850. The number of aromatic nitrogens is 1. The van der Waals surface area contributed by atoms with Crippen molar-refractivity contribution in [1.29, 1.82) is 0 Å². The third kappa shape index (κ3) is 1.61. The van der Waals surface area contributed by atoms with E-state index in [1.54, 1.807) is 6.20 Å². The van der Waals surface area contributed by atoms with E-state index in [4.69, 9.17) is 0 Å². The molecule has 0 radical (unpaired) electrons. The first-order valence-corrected chi connectivity index (χ1v) is 3.10. The average molecular weight is 140 g/mol. The predicted octanol–water partition coefficient (Wildman–Crippen LogP) is 1.41. The second-order valence-corrected chi connectivity index (χ2v) is 2.17. The Balaban J connectivity index is 2.94. The Morgan fingerprint density at radius 3 is 2.89 bits per heavy atom. The topological polar surface area (TPSA) is 24.9 Å². The Hall–Kier alpha value is -0.700. The van der Waals surface area contributed by atoms with Crippen LogP contribution in [0.15, 0.2) is 23.2 Å². The molecule has 3 heteroatoms. The smallest absolute Gasteiger partial charge is 0.126 e. The van der Waals surface area contributed by atoms with Crippen molar-refractivity contribution in [3.8, 4) is 0 Å². The fourth-order valence-electron chi connectivity index (χ4n) is 0.556. The van der Waals surface area contributed by atoms with Crippen molar-refractivity contribution < 1.29 is 0 Å². The minimum Gasteiger partial charge on any atom is -0.373 e. The fourth-order valence-corrected chi connectivity index (χ4v) is 0.745. The van der Waals surface area contributed by atoms with Crippen LogP contribution in [0.3, 0.4) is 0 Å². The molecule has 1 heterocycles. The second kappa shape index (κ2) is 2.73. The summed E-state index contributed by atoms with van der Waals surface area (Å²) in [5, 5.41) is 2.91. The molecule has 2 nitrogen and oxygen atoms in total. The molecule has 9 heavy (non-hydrogen) atoms. The molecule has 1 N–H and O–H groups in total. The van der Waals surface area contributed by atoms with Crippen LogP contribution >= 0.6 is 12.6 Å². The van der Waals surface area contributed by atoms with Gasteiger partial charge in [-0.2, -0.15) is 0 Å². The van der Waals surface area contributed by atoms with Gasteiger partial charge in [0.1, 0.15) is 5.82 Å². The van der Waals surface area contributed by atoms with E-state index in [-0.39, 0.29) is 0 Å². The molecule has 1 aromatic rings. The number of pyridine rings is 1. The molecule has 0 spiro atoms. The molecule has 0 aromatic carbocycles. The molecule has 0 atom stereocenters. The van der Waals surface area contributed by atoms with Gasteiger partial charge in [0.15, 0.2) is 0 Å². The molecule has 0 unspecified atom stereocenters. The average Bonchev–Trinajstić information content (AvgIpc) is 1.88. The van der Waals surface area contributed by atoms with E-state index in [1.165, 1.54) is 0 Å². The molecule has 0 aliphatic rings. The molecule has 0 aliphatic heterocycles. The molecule has 0 saturated carbocycles. The summed E-state index contributed by atoms with van der Waals surface area (Å²) >= 11 is 4.13. The van der Waals surface area contributed by atoms with Gasteiger partial charge in [-0.3, -0.25) is 0 Å². The van der Waals surface area contributed by atoms with Crippen LogP contribution in [0.25, 0.3) is 0 Å². The Labute approximate surface area is 59.7 Å². The molecular formula is C6H8N2S. The molecular weight excluding hydrogens is 132 g/mol. The van der Waals surface area contributed by atoms with Crippen LogP contribution < -0.4 is 5.32 Å². The van der Waals surface area contributed by atoms with Gasteiger partial charge in [-0.15, -0.1) is 12.6 Å². The highest BCUT2D eigenvalue weighted by molar-refractivity contribution is 7.80. The summed E-state index contributed by atoms with van der Waals surface area (Å²) in [4.78, 5) is 4.92. The van der Waals surface area contributed by atoms with Crippen LogP contribution in [-0.4, -0.2) is 12.0 Å². The van der Waals surface area contributed by atoms with Crippen LogP contribution in [0.5, 0.6) is 0 Å². The molecule has 1 rings (SSSR count). The van der Waals surface area contributed by atoms with Gasteiger partial charge in [0.2, 0.25) is 0 Å². The zero-order valence-electron chi connectivity index (χ0n) is 5.13. The van der Waals surface area contributed by atoms with Gasteiger partial charge >= 0.3 is 0 Å². The van der Waals surface area contributed by atoms with Crippen LogP contribution in [-0.2, 0) is 0 Å². The molecule has 0 amide bonds. The van der Waals surface area contributed by atoms with Crippen molar-refractivity contribution in [1.82, 2.24) is 4.98 Å². The Bertz CT molecular complexity index is 200. The molecule has 0 saturated heterocycles. The number of hydrogen-bond donors (Lipinski definition) is 2. The van der Waals surface area contributed by atoms with E-state index in [0.29, 0.717) is 0 Å². The highest BCUT2D eigenvalue weighted by atomic mass is 32.1. The highest BCUT2D eigenvalue weighted by Crippen LogP contribution is 2.08. The summed E-state index contributed by atoms with van der Waals surface area (Å²) < 4.78 is 0. The van der Waals surface area contributed by atoms with Gasteiger partial charge in [-0.1, -0.05) is 0 Å². The van der Waals surface area contributed by atoms with Crippen LogP contribution in [0.4, 0.5) is 5.82 Å². The SMILES string of the molecule is CNc1cc(S)ccn1. The maximum atomic E-state index is 4.13. The summed E-state index contributed by atoms with van der Waals surface area (Å²) in [6, 6.07) is 3.70. The molecule has 0 fully saturated rings. The molecule has 48 valence electrons. The normalized spacial score (nSPS) is 9.11. The minimum absolute atomic E-state index is 0.850. The van der Waals surface area contributed by atoms with Gasteiger partial charge in [-0.25, -0.2) is 4.98 Å². The molecule has 0 aliphatic carbocycles. The Morgan fingerprint density at radius 2 is 2.44 bits per heavy atom. The first kappa shape index (κ1) is 6.42. The van der Waals surface area contributed by atoms with Crippen LogP contribution in [0, 0.1) is 0 Å². The van der Waals surface area contributed by atoms with Gasteiger partial charge in [-0.05, 0) is 12.1 Å². The maximum absolute atomic E-state index is 4.13. The van der Waals surface area contributed by atoms with Crippen molar-refractivity contribution in [3.63, 3.8) is 0 Å². The highest BCUT2D eigenvalue weighted by Gasteiger charge is 1.87. The van der Waals surface area contributed by atoms with Gasteiger partial charge in [0, 0.05) is 18.1 Å². The van der Waals surface area contributed by atoms with Gasteiger partial charge < -0.3 is 5.32 Å². The lowest BCUT2D eigenvalue weighted by Gasteiger charge is -1.96. The Kier molecular flexibility index (Phi) is 1.95. The zero-order chi connectivity index (χ0) is 6.69. The quantitative estimate of drug-likeness (QED) is 0.576. The second-order valence-electron chi connectivity index (χ2n) is 1.65. The Morgan fingerprint density at radius 1 is 1.67 bits per heavy atom. The van der Waals surface area contributed by atoms with Crippen LogP contribution in [0.1, 0.15) is 0 Å². The third-order valence-corrected chi connectivity index (χ3v) is 1.28. The zero-order valence-corrected chi connectivity index (χ0v) is 6.02. The lowest BCUT2D eigenvalue weighted by Crippen LogP contribution is -1.89. The monoisotopic (exact) mass is 140 g/mol. The standard InChI is InChI=1S/C6H8N2S/c1-7-6-4-5(9)2-3-8-6/h2-4H,1H3,(H2,7,8,9). The van der Waals surface area contributed by atoms with Gasteiger partial charge in [0.25, 0.3) is 0 Å². The van der Waals surface area contributed by atoms with E-state index in [9.17, 15) is 0 Å². The molecule has 1 aromatic heterocycles. The molecule has 0 bridgehead atoms. The van der Waals surface area contributed by atoms with Crippen LogP contribution in [0.2, 0.25) is 0 Å². The number of nitrogens with zero attached hydrogens (tertiary/aromatic N) is 1. The van der Waals surface area contributed by atoms with E-state index >= 15 is 0 Å². The summed E-state index contributed by atoms with van der Waals surface area (Å²) in [7, 11) is 1.83. The summed E-state index contributed by atoms with van der Waals surface area (Å²) in [5.41, 5.74) is 0. The summed E-state index contributed by atoms with van der Waals surface area (Å²) in [5.74, 6) is 0.850. The fraction of sp³-hybridized carbons (Fsp3) is 0.167. The van der Waals surface area contributed by atoms with Crippen molar-refractivity contribution in [3.05, 3.63) is 18.3 Å². The van der Waals surface area contributed by atoms with Gasteiger partial charge in [0.05, 0.1) is 0 Å². The van der Waals surface area contributed by atoms with E-state index < -0.39 is 0 Å². The van der Waals surface area contributed by atoms with E-state index in [1.807, 2.05) is 19.2 Å². The first-order valence-electron chi connectivity index (χ1n) is 2.65. The van der Waals surface area contributed by atoms with Crippen molar-refractivity contribution >= 4 is 18.4 Å². The summed E-state index contributed by atoms with van der Waals surface area (Å²) in [6.07, 6.45) is 1.72. The largest absolute Gasteiger partial charge is 0.373 e. The number of anilines is 1. The number of nitrogens with one attached hydrogen (secondary N) is 1. The summed E-state index contributed by atoms with van der Waals surface area (Å²) in [6.45, 7) is 0. The van der Waals surface area contributed by atoms with Crippen molar-refractivity contribution in [2.24, 2.45) is 0 Å². The lowest BCUT2D eigenvalue weighted by molar-refractivity contribution is 1.24. The third-order valence-electron chi connectivity index (χ3n) is 1.000. The van der Waals surface area contributed by atoms with Crippen molar-refractivity contribution in [2.45, 2.75) is 4.90 Å². The van der Waals surface area contributed by atoms with Crippen molar-refractivity contribution in [2.75, 3.05) is 12.4 Å². The maximum Gasteiger partial charge on any atom is 0.126 e. The van der Waals surface area contributed by atoms with E-state index in [0.717, 1.165) is 10.7 Å². The lowest BCUT2D eigenvalue weighted by atomic mass is 10.5. The number of thiol groups is 1.